The van der Waals surface area contributed by atoms with Crippen LogP contribution in [-0.2, 0) is 0 Å². The highest BCUT2D eigenvalue weighted by Crippen LogP contribution is 2.24. The lowest BCUT2D eigenvalue weighted by atomic mass is 9.94. The number of hydrogen-bond donors (Lipinski definition) is 0. The molecule has 0 spiro atoms. The maximum atomic E-state index is 3.62. The molecule has 1 atom stereocenters. The number of alkyl halides is 1. The Hall–Kier alpha value is -0.300. The molecule has 0 bridgehead atoms. The van der Waals surface area contributed by atoms with E-state index < -0.39 is 0 Å². The van der Waals surface area contributed by atoms with E-state index in [1.54, 1.807) is 0 Å². The van der Waals surface area contributed by atoms with Crippen LogP contribution in [-0.4, -0.2) is 5.33 Å². The lowest BCUT2D eigenvalue weighted by molar-refractivity contribution is 0.605. The van der Waals surface area contributed by atoms with Crippen LogP contribution in [0, 0.1) is 6.92 Å². The van der Waals surface area contributed by atoms with Crippen molar-refractivity contribution < 1.29 is 0 Å². The van der Waals surface area contributed by atoms with Crippen molar-refractivity contribution in [3.8, 4) is 0 Å². The molecule has 1 aromatic rings. The minimum atomic E-state index is 0.692. The van der Waals surface area contributed by atoms with Crippen LogP contribution in [0.1, 0.15) is 49.7 Å². The zero-order valence-electron chi connectivity index (χ0n) is 9.80. The quantitative estimate of drug-likeness (QED) is 0.500. The van der Waals surface area contributed by atoms with Gasteiger partial charge in [-0.15, -0.1) is 0 Å². The first-order chi connectivity index (χ1) is 7.27. The summed E-state index contributed by atoms with van der Waals surface area (Å²) in [5.41, 5.74) is 2.83. The van der Waals surface area contributed by atoms with Crippen LogP contribution in [0.25, 0.3) is 0 Å². The summed E-state index contributed by atoms with van der Waals surface area (Å²) in [5.74, 6) is 0.692. The maximum absolute atomic E-state index is 3.62. The molecule has 15 heavy (non-hydrogen) atoms. The van der Waals surface area contributed by atoms with Crippen molar-refractivity contribution >= 4 is 15.9 Å². The van der Waals surface area contributed by atoms with E-state index in [0.29, 0.717) is 5.92 Å². The third-order valence-electron chi connectivity index (χ3n) is 2.89. The van der Waals surface area contributed by atoms with Gasteiger partial charge in [-0.3, -0.25) is 0 Å². The van der Waals surface area contributed by atoms with Gasteiger partial charge in [-0.05, 0) is 24.8 Å². The van der Waals surface area contributed by atoms with Gasteiger partial charge in [0, 0.05) is 5.33 Å². The summed E-state index contributed by atoms with van der Waals surface area (Å²) in [4.78, 5) is 0. The summed E-state index contributed by atoms with van der Waals surface area (Å²) in [6.07, 6.45) is 5.32. The van der Waals surface area contributed by atoms with Gasteiger partial charge in [0.05, 0.1) is 0 Å². The van der Waals surface area contributed by atoms with E-state index in [9.17, 15) is 0 Å². The summed E-state index contributed by atoms with van der Waals surface area (Å²) in [5, 5.41) is 1.08. The molecule has 0 aliphatic heterocycles. The van der Waals surface area contributed by atoms with Crippen molar-refractivity contribution in [1.29, 1.82) is 0 Å². The molecule has 0 saturated heterocycles. The number of rotatable bonds is 6. The summed E-state index contributed by atoms with van der Waals surface area (Å²) in [6.45, 7) is 4.40. The highest BCUT2D eigenvalue weighted by molar-refractivity contribution is 9.09. The second kappa shape index (κ2) is 7.05. The summed E-state index contributed by atoms with van der Waals surface area (Å²) >= 11 is 3.62. The molecule has 0 radical (unpaired) electrons. The topological polar surface area (TPSA) is 0 Å². The lowest BCUT2D eigenvalue weighted by Crippen LogP contribution is -2.00. The van der Waals surface area contributed by atoms with Crippen molar-refractivity contribution in [3.63, 3.8) is 0 Å². The van der Waals surface area contributed by atoms with Crippen LogP contribution in [0.2, 0.25) is 0 Å². The third kappa shape index (κ3) is 4.38. The van der Waals surface area contributed by atoms with Gasteiger partial charge in [0.25, 0.3) is 0 Å². The van der Waals surface area contributed by atoms with Crippen LogP contribution in [0.15, 0.2) is 24.3 Å². The predicted molar refractivity (Wildman–Crippen MR) is 71.9 cm³/mol. The monoisotopic (exact) mass is 268 g/mol. The average molecular weight is 269 g/mol. The molecular weight excluding hydrogens is 248 g/mol. The molecule has 1 heteroatoms. The molecule has 0 aromatic heterocycles. The van der Waals surface area contributed by atoms with Crippen molar-refractivity contribution in [3.05, 3.63) is 35.4 Å². The molecule has 0 N–H and O–H groups in total. The van der Waals surface area contributed by atoms with E-state index in [1.165, 1.54) is 36.8 Å². The molecule has 1 aromatic carbocycles. The fraction of sp³-hybridized carbons (Fsp3) is 0.571. The molecule has 1 rings (SSSR count). The van der Waals surface area contributed by atoms with Gasteiger partial charge in [-0.25, -0.2) is 0 Å². The fourth-order valence-corrected chi connectivity index (χ4v) is 2.51. The van der Waals surface area contributed by atoms with Gasteiger partial charge in [0.15, 0.2) is 0 Å². The Morgan fingerprint density at radius 2 is 1.80 bits per heavy atom. The number of benzene rings is 1. The molecule has 1 unspecified atom stereocenters. The number of aryl methyl sites for hydroxylation is 1. The van der Waals surface area contributed by atoms with E-state index in [0.717, 1.165) is 5.33 Å². The SMILES string of the molecule is CCCCCC(CBr)c1ccc(C)cc1. The van der Waals surface area contributed by atoms with Crippen molar-refractivity contribution in [1.82, 2.24) is 0 Å². The molecule has 0 aliphatic carbocycles. The average Bonchev–Trinajstić information content (AvgIpc) is 2.26. The second-order valence-electron chi connectivity index (χ2n) is 4.26. The molecular formula is C14H21Br. The van der Waals surface area contributed by atoms with Crippen LogP contribution < -0.4 is 0 Å². The van der Waals surface area contributed by atoms with Crippen molar-refractivity contribution in [2.45, 2.75) is 45.4 Å². The normalized spacial score (nSPS) is 12.7. The minimum Gasteiger partial charge on any atom is -0.0921 e. The molecule has 0 aliphatic rings. The molecule has 0 fully saturated rings. The van der Waals surface area contributed by atoms with Crippen LogP contribution in [0.3, 0.4) is 0 Å². The predicted octanol–water partition coefficient (Wildman–Crippen LogP) is 5.05. The highest BCUT2D eigenvalue weighted by Gasteiger charge is 2.08. The van der Waals surface area contributed by atoms with E-state index in [2.05, 4.69) is 54.0 Å². The lowest BCUT2D eigenvalue weighted by Gasteiger charge is -2.14. The van der Waals surface area contributed by atoms with Crippen LogP contribution in [0.4, 0.5) is 0 Å². The zero-order valence-corrected chi connectivity index (χ0v) is 11.4. The maximum Gasteiger partial charge on any atom is 0.0100 e. The first-order valence-electron chi connectivity index (χ1n) is 5.90. The van der Waals surface area contributed by atoms with Gasteiger partial charge >= 0.3 is 0 Å². The van der Waals surface area contributed by atoms with E-state index in [4.69, 9.17) is 0 Å². The fourth-order valence-electron chi connectivity index (χ4n) is 1.81. The molecule has 0 nitrogen and oxygen atoms in total. The molecule has 0 amide bonds. The van der Waals surface area contributed by atoms with Crippen LogP contribution >= 0.6 is 15.9 Å². The van der Waals surface area contributed by atoms with E-state index in [1.807, 2.05) is 0 Å². The highest BCUT2D eigenvalue weighted by atomic mass is 79.9. The molecule has 84 valence electrons. The minimum absolute atomic E-state index is 0.692. The Morgan fingerprint density at radius 1 is 1.13 bits per heavy atom. The van der Waals surface area contributed by atoms with Gasteiger partial charge in [0.2, 0.25) is 0 Å². The third-order valence-corrected chi connectivity index (χ3v) is 3.67. The van der Waals surface area contributed by atoms with Crippen molar-refractivity contribution in [2.24, 2.45) is 0 Å². The smallest absolute Gasteiger partial charge is 0.0100 e. The van der Waals surface area contributed by atoms with E-state index in [-0.39, 0.29) is 0 Å². The number of halogens is 1. The largest absolute Gasteiger partial charge is 0.0921 e. The first-order valence-corrected chi connectivity index (χ1v) is 7.02. The van der Waals surface area contributed by atoms with Gasteiger partial charge in [0.1, 0.15) is 0 Å². The van der Waals surface area contributed by atoms with E-state index >= 15 is 0 Å². The Morgan fingerprint density at radius 3 is 2.33 bits per heavy atom. The standard InChI is InChI=1S/C14H21Br/c1-3-4-5-6-14(11-15)13-9-7-12(2)8-10-13/h7-10,14H,3-6,11H2,1-2H3. The Labute approximate surface area is 102 Å². The zero-order chi connectivity index (χ0) is 11.1. The van der Waals surface area contributed by atoms with Gasteiger partial charge in [-0.1, -0.05) is 71.9 Å². The molecule has 0 saturated carbocycles. The summed E-state index contributed by atoms with van der Waals surface area (Å²) < 4.78 is 0. The molecule has 0 heterocycles. The first kappa shape index (κ1) is 12.8. The second-order valence-corrected chi connectivity index (χ2v) is 4.91. The summed E-state index contributed by atoms with van der Waals surface area (Å²) in [6, 6.07) is 8.97. The summed E-state index contributed by atoms with van der Waals surface area (Å²) in [7, 11) is 0. The van der Waals surface area contributed by atoms with Crippen LogP contribution in [0.5, 0.6) is 0 Å². The Balaban J connectivity index is 2.53. The van der Waals surface area contributed by atoms with Crippen molar-refractivity contribution in [2.75, 3.05) is 5.33 Å². The number of unbranched alkanes of at least 4 members (excludes halogenated alkanes) is 2. The Bertz CT molecular complexity index is 263. The Kier molecular flexibility index (Phi) is 6.00. The van der Waals surface area contributed by atoms with Gasteiger partial charge < -0.3 is 0 Å². The number of hydrogen-bond acceptors (Lipinski definition) is 0. The van der Waals surface area contributed by atoms with Gasteiger partial charge in [-0.2, -0.15) is 0 Å².